The van der Waals surface area contributed by atoms with Crippen molar-refractivity contribution in [1.82, 2.24) is 0 Å². The molecule has 0 fully saturated rings. The molecule has 0 aliphatic heterocycles. The van der Waals surface area contributed by atoms with E-state index in [0.717, 1.165) is 15.6 Å². The van der Waals surface area contributed by atoms with Crippen molar-refractivity contribution in [2.75, 3.05) is 0 Å². The number of aryl methyl sites for hydroxylation is 1. The Hall–Kier alpha value is 0.280. The summed E-state index contributed by atoms with van der Waals surface area (Å²) in [6, 6.07) is 1.90. The van der Waals surface area contributed by atoms with Gasteiger partial charge in [-0.3, -0.25) is 0 Å². The van der Waals surface area contributed by atoms with Crippen LogP contribution in [-0.4, -0.2) is 0 Å². The lowest BCUT2D eigenvalue weighted by atomic mass is 10.1. The van der Waals surface area contributed by atoms with Gasteiger partial charge in [-0.1, -0.05) is 23.2 Å². The SMILES string of the molecule is Cc1cc(Cl)c(Br)c(Cl)c1C. The van der Waals surface area contributed by atoms with Crippen molar-refractivity contribution in [3.05, 3.63) is 31.7 Å². The Balaban J connectivity index is 3.46. The predicted octanol–water partition coefficient (Wildman–Crippen LogP) is 4.37. The monoisotopic (exact) mass is 252 g/mol. The van der Waals surface area contributed by atoms with Crippen molar-refractivity contribution in [3.8, 4) is 0 Å². The average Bonchev–Trinajstić information content (AvgIpc) is 1.97. The van der Waals surface area contributed by atoms with Gasteiger partial charge in [0.1, 0.15) is 0 Å². The molecular formula is C8H7BrCl2. The number of halogens is 3. The zero-order chi connectivity index (χ0) is 8.59. The van der Waals surface area contributed by atoms with Gasteiger partial charge in [-0.05, 0) is 47.0 Å². The molecule has 0 atom stereocenters. The topological polar surface area (TPSA) is 0 Å². The van der Waals surface area contributed by atoms with Gasteiger partial charge in [-0.25, -0.2) is 0 Å². The first-order chi connectivity index (χ1) is 5.04. The van der Waals surface area contributed by atoms with Gasteiger partial charge in [0.05, 0.1) is 14.5 Å². The van der Waals surface area contributed by atoms with Crippen LogP contribution in [0.25, 0.3) is 0 Å². The van der Waals surface area contributed by atoms with E-state index in [1.807, 2.05) is 19.9 Å². The molecule has 0 spiro atoms. The van der Waals surface area contributed by atoms with E-state index < -0.39 is 0 Å². The molecule has 3 heteroatoms. The zero-order valence-electron chi connectivity index (χ0n) is 6.21. The lowest BCUT2D eigenvalue weighted by Gasteiger charge is -2.06. The van der Waals surface area contributed by atoms with Crippen molar-refractivity contribution in [2.45, 2.75) is 13.8 Å². The summed E-state index contributed by atoms with van der Waals surface area (Å²) in [4.78, 5) is 0. The highest BCUT2D eigenvalue weighted by atomic mass is 79.9. The van der Waals surface area contributed by atoms with Crippen LogP contribution in [-0.2, 0) is 0 Å². The van der Waals surface area contributed by atoms with E-state index in [0.29, 0.717) is 10.0 Å². The molecule has 1 rings (SSSR count). The van der Waals surface area contributed by atoms with E-state index in [-0.39, 0.29) is 0 Å². The summed E-state index contributed by atoms with van der Waals surface area (Å²) in [5.41, 5.74) is 2.19. The third kappa shape index (κ3) is 1.71. The highest BCUT2D eigenvalue weighted by Crippen LogP contribution is 2.34. The van der Waals surface area contributed by atoms with E-state index in [1.165, 1.54) is 0 Å². The van der Waals surface area contributed by atoms with Crippen LogP contribution in [0.3, 0.4) is 0 Å². The predicted molar refractivity (Wildman–Crippen MR) is 53.6 cm³/mol. The maximum Gasteiger partial charge on any atom is 0.0595 e. The molecule has 0 saturated carbocycles. The molecule has 0 aliphatic carbocycles. The minimum absolute atomic E-state index is 0.665. The first kappa shape index (κ1) is 9.37. The molecular weight excluding hydrogens is 247 g/mol. The number of benzene rings is 1. The fraction of sp³-hybridized carbons (Fsp3) is 0.250. The van der Waals surface area contributed by atoms with Gasteiger partial charge in [0.25, 0.3) is 0 Å². The summed E-state index contributed by atoms with van der Waals surface area (Å²) in [5.74, 6) is 0. The standard InChI is InChI=1S/C8H7BrCl2/c1-4-3-6(10)7(9)8(11)5(4)2/h3H,1-2H3. The maximum absolute atomic E-state index is 5.96. The summed E-state index contributed by atoms with van der Waals surface area (Å²) in [7, 11) is 0. The Bertz CT molecular complexity index is 268. The van der Waals surface area contributed by atoms with Crippen LogP contribution in [0.5, 0.6) is 0 Å². The van der Waals surface area contributed by atoms with E-state index >= 15 is 0 Å². The smallest absolute Gasteiger partial charge is 0.0595 e. The molecule has 0 saturated heterocycles. The molecule has 0 aliphatic rings. The number of hydrogen-bond acceptors (Lipinski definition) is 0. The fourth-order valence-corrected chi connectivity index (χ4v) is 1.77. The summed E-state index contributed by atoms with van der Waals surface area (Å²) in [6.45, 7) is 3.96. The van der Waals surface area contributed by atoms with Gasteiger partial charge in [0.15, 0.2) is 0 Å². The van der Waals surface area contributed by atoms with E-state index in [4.69, 9.17) is 23.2 Å². The quantitative estimate of drug-likeness (QED) is 0.603. The van der Waals surface area contributed by atoms with Crippen molar-refractivity contribution in [2.24, 2.45) is 0 Å². The molecule has 0 aromatic heterocycles. The highest BCUT2D eigenvalue weighted by Gasteiger charge is 2.07. The molecule has 60 valence electrons. The molecule has 0 unspecified atom stereocenters. The van der Waals surface area contributed by atoms with Crippen LogP contribution >= 0.6 is 39.1 Å². The lowest BCUT2D eigenvalue weighted by molar-refractivity contribution is 1.33. The largest absolute Gasteiger partial charge is 0.0830 e. The van der Waals surface area contributed by atoms with Gasteiger partial charge >= 0.3 is 0 Å². The van der Waals surface area contributed by atoms with Crippen molar-refractivity contribution in [3.63, 3.8) is 0 Å². The number of hydrogen-bond donors (Lipinski definition) is 0. The molecule has 0 nitrogen and oxygen atoms in total. The third-order valence-corrected chi connectivity index (χ3v) is 3.72. The first-order valence-corrected chi connectivity index (χ1v) is 4.69. The Morgan fingerprint density at radius 2 is 1.82 bits per heavy atom. The Morgan fingerprint density at radius 3 is 2.36 bits per heavy atom. The van der Waals surface area contributed by atoms with Crippen LogP contribution < -0.4 is 0 Å². The molecule has 0 N–H and O–H groups in total. The normalized spacial score (nSPS) is 10.3. The van der Waals surface area contributed by atoms with Crippen molar-refractivity contribution < 1.29 is 0 Å². The highest BCUT2D eigenvalue weighted by molar-refractivity contribution is 9.10. The third-order valence-electron chi connectivity index (χ3n) is 1.67. The number of rotatable bonds is 0. The average molecular weight is 254 g/mol. The summed E-state index contributed by atoms with van der Waals surface area (Å²) in [5, 5.41) is 1.37. The van der Waals surface area contributed by atoms with Crippen LogP contribution in [0.2, 0.25) is 10.0 Å². The van der Waals surface area contributed by atoms with Crippen molar-refractivity contribution >= 4 is 39.1 Å². The molecule has 0 radical (unpaired) electrons. The Morgan fingerprint density at radius 1 is 1.27 bits per heavy atom. The van der Waals surface area contributed by atoms with Crippen LogP contribution in [0, 0.1) is 13.8 Å². The van der Waals surface area contributed by atoms with Gasteiger partial charge in [0, 0.05) is 0 Å². The minimum atomic E-state index is 0.665. The van der Waals surface area contributed by atoms with Crippen LogP contribution in [0.1, 0.15) is 11.1 Å². The summed E-state index contributed by atoms with van der Waals surface area (Å²) >= 11 is 15.1. The lowest BCUT2D eigenvalue weighted by Crippen LogP contribution is -1.84. The Labute approximate surface area is 84.6 Å². The second-order valence-electron chi connectivity index (χ2n) is 2.43. The summed E-state index contributed by atoms with van der Waals surface area (Å²) in [6.07, 6.45) is 0. The van der Waals surface area contributed by atoms with Gasteiger partial charge in [-0.2, -0.15) is 0 Å². The van der Waals surface area contributed by atoms with Gasteiger partial charge in [-0.15, -0.1) is 0 Å². The molecule has 0 bridgehead atoms. The Kier molecular flexibility index (Phi) is 2.84. The van der Waals surface area contributed by atoms with Crippen molar-refractivity contribution in [1.29, 1.82) is 0 Å². The zero-order valence-corrected chi connectivity index (χ0v) is 9.31. The maximum atomic E-state index is 5.96. The first-order valence-electron chi connectivity index (χ1n) is 3.14. The fourth-order valence-electron chi connectivity index (χ4n) is 0.804. The molecule has 1 aromatic carbocycles. The molecule has 1 aromatic rings. The second-order valence-corrected chi connectivity index (χ2v) is 4.01. The van der Waals surface area contributed by atoms with E-state index in [2.05, 4.69) is 15.9 Å². The summed E-state index contributed by atoms with van der Waals surface area (Å²) < 4.78 is 0.781. The van der Waals surface area contributed by atoms with E-state index in [1.54, 1.807) is 0 Å². The van der Waals surface area contributed by atoms with Crippen LogP contribution in [0.15, 0.2) is 10.5 Å². The minimum Gasteiger partial charge on any atom is -0.0830 e. The van der Waals surface area contributed by atoms with Gasteiger partial charge < -0.3 is 0 Å². The van der Waals surface area contributed by atoms with E-state index in [9.17, 15) is 0 Å². The molecule has 0 heterocycles. The van der Waals surface area contributed by atoms with Crippen LogP contribution in [0.4, 0.5) is 0 Å². The van der Waals surface area contributed by atoms with Gasteiger partial charge in [0.2, 0.25) is 0 Å². The second kappa shape index (κ2) is 3.34. The molecule has 0 amide bonds. The molecule has 11 heavy (non-hydrogen) atoms.